The predicted octanol–water partition coefficient (Wildman–Crippen LogP) is 3.11. The third-order valence-electron chi connectivity index (χ3n) is 3.01. The third-order valence-corrected chi connectivity index (χ3v) is 3.33. The first-order valence-corrected chi connectivity index (χ1v) is 6.93. The van der Waals surface area contributed by atoms with Gasteiger partial charge in [-0.05, 0) is 30.5 Å². The molecule has 6 heteroatoms. The number of aryl methyl sites for hydroxylation is 1. The van der Waals surface area contributed by atoms with E-state index in [9.17, 15) is 9.59 Å². The zero-order valence-electron chi connectivity index (χ0n) is 12.0. The summed E-state index contributed by atoms with van der Waals surface area (Å²) in [5.74, 6) is 0.140. The molecule has 2 aromatic rings. The van der Waals surface area contributed by atoms with Gasteiger partial charge in [-0.3, -0.25) is 4.79 Å². The Morgan fingerprint density at radius 1 is 1.33 bits per heavy atom. The van der Waals surface area contributed by atoms with Crippen LogP contribution in [0, 0.1) is 6.92 Å². The lowest BCUT2D eigenvalue weighted by Crippen LogP contribution is -2.19. The molecule has 0 unspecified atom stereocenters. The molecule has 0 fully saturated rings. The summed E-state index contributed by atoms with van der Waals surface area (Å²) in [5.41, 5.74) is 1.53. The fraction of sp³-hybridized carbons (Fsp3) is 0.267. The molecule has 1 aromatic heterocycles. The van der Waals surface area contributed by atoms with Gasteiger partial charge in [-0.25, -0.2) is 4.79 Å². The number of carbonyl (C=O) groups excluding carboxylic acids is 1. The number of aromatic amines is 1. The maximum Gasteiger partial charge on any atom is 0.347 e. The molecule has 5 nitrogen and oxygen atoms in total. The van der Waals surface area contributed by atoms with E-state index in [1.807, 2.05) is 19.9 Å². The summed E-state index contributed by atoms with van der Waals surface area (Å²) < 4.78 is 0. The molecular weight excluding hydrogens is 290 g/mol. The SMILES string of the molecule is Cc1cc(NC(=O)c2ccc(C(C)C)c(Cl)c2)nc(=O)[nH]1. The van der Waals surface area contributed by atoms with Crippen LogP contribution in [0.2, 0.25) is 5.02 Å². The number of anilines is 1. The molecule has 0 aliphatic carbocycles. The second-order valence-corrected chi connectivity index (χ2v) is 5.51. The van der Waals surface area contributed by atoms with Crippen molar-refractivity contribution in [1.29, 1.82) is 0 Å². The number of rotatable bonds is 3. The highest BCUT2D eigenvalue weighted by molar-refractivity contribution is 6.31. The Morgan fingerprint density at radius 2 is 2.05 bits per heavy atom. The van der Waals surface area contributed by atoms with E-state index < -0.39 is 5.69 Å². The number of benzene rings is 1. The van der Waals surface area contributed by atoms with Crippen LogP contribution in [0.4, 0.5) is 5.82 Å². The normalized spacial score (nSPS) is 10.7. The minimum absolute atomic E-state index is 0.213. The van der Waals surface area contributed by atoms with Gasteiger partial charge >= 0.3 is 5.69 Å². The van der Waals surface area contributed by atoms with E-state index in [4.69, 9.17) is 11.6 Å². The summed E-state index contributed by atoms with van der Waals surface area (Å²) >= 11 is 6.17. The molecule has 0 saturated carbocycles. The molecule has 0 radical (unpaired) electrons. The molecule has 1 aromatic carbocycles. The smallest absolute Gasteiger partial charge is 0.310 e. The zero-order chi connectivity index (χ0) is 15.6. The number of hydrogen-bond acceptors (Lipinski definition) is 3. The van der Waals surface area contributed by atoms with E-state index in [2.05, 4.69) is 15.3 Å². The monoisotopic (exact) mass is 305 g/mol. The Bertz CT molecular complexity index is 738. The molecule has 0 atom stereocenters. The maximum absolute atomic E-state index is 12.1. The Morgan fingerprint density at radius 3 is 2.62 bits per heavy atom. The average Bonchev–Trinajstić information content (AvgIpc) is 2.36. The number of H-pyrrole nitrogens is 1. The summed E-state index contributed by atoms with van der Waals surface area (Å²) in [6.45, 7) is 5.78. The Kier molecular flexibility index (Phi) is 4.43. The largest absolute Gasteiger partial charge is 0.347 e. The van der Waals surface area contributed by atoms with Crippen molar-refractivity contribution in [3.8, 4) is 0 Å². The topological polar surface area (TPSA) is 74.8 Å². The highest BCUT2D eigenvalue weighted by Gasteiger charge is 2.11. The summed E-state index contributed by atoms with van der Waals surface area (Å²) in [6.07, 6.45) is 0. The molecule has 0 saturated heterocycles. The molecule has 0 spiro atoms. The van der Waals surface area contributed by atoms with Gasteiger partial charge in [-0.2, -0.15) is 4.98 Å². The van der Waals surface area contributed by atoms with Gasteiger partial charge in [0.2, 0.25) is 0 Å². The second-order valence-electron chi connectivity index (χ2n) is 5.10. The summed E-state index contributed by atoms with van der Waals surface area (Å²) in [5, 5.41) is 3.14. The third kappa shape index (κ3) is 3.70. The predicted molar refractivity (Wildman–Crippen MR) is 83.1 cm³/mol. The maximum atomic E-state index is 12.1. The zero-order valence-corrected chi connectivity index (χ0v) is 12.8. The minimum atomic E-state index is -0.501. The number of halogens is 1. The Balaban J connectivity index is 2.24. The second kappa shape index (κ2) is 6.10. The van der Waals surface area contributed by atoms with Crippen LogP contribution in [0.15, 0.2) is 29.1 Å². The molecule has 21 heavy (non-hydrogen) atoms. The average molecular weight is 306 g/mol. The van der Waals surface area contributed by atoms with Crippen LogP contribution in [0.5, 0.6) is 0 Å². The lowest BCUT2D eigenvalue weighted by Gasteiger charge is -2.10. The number of hydrogen-bond donors (Lipinski definition) is 2. The van der Waals surface area contributed by atoms with E-state index in [0.717, 1.165) is 5.56 Å². The van der Waals surface area contributed by atoms with Crippen LogP contribution in [0.3, 0.4) is 0 Å². The van der Waals surface area contributed by atoms with Crippen molar-refractivity contribution in [2.45, 2.75) is 26.7 Å². The molecule has 110 valence electrons. The van der Waals surface area contributed by atoms with E-state index in [-0.39, 0.29) is 17.6 Å². The number of nitrogens with zero attached hydrogens (tertiary/aromatic N) is 1. The molecule has 1 amide bonds. The first-order chi connectivity index (χ1) is 9.86. The van der Waals surface area contributed by atoms with Crippen LogP contribution >= 0.6 is 11.6 Å². The van der Waals surface area contributed by atoms with Crippen molar-refractivity contribution in [3.63, 3.8) is 0 Å². The van der Waals surface area contributed by atoms with Crippen LogP contribution in [0.25, 0.3) is 0 Å². The highest BCUT2D eigenvalue weighted by atomic mass is 35.5. The number of aromatic nitrogens is 2. The number of carbonyl (C=O) groups is 1. The lowest BCUT2D eigenvalue weighted by molar-refractivity contribution is 0.102. The minimum Gasteiger partial charge on any atom is -0.310 e. The summed E-state index contributed by atoms with van der Waals surface area (Å²) in [4.78, 5) is 29.6. The van der Waals surface area contributed by atoms with Gasteiger partial charge in [0, 0.05) is 22.3 Å². The molecule has 2 N–H and O–H groups in total. The van der Waals surface area contributed by atoms with Crippen molar-refractivity contribution in [1.82, 2.24) is 9.97 Å². The molecule has 0 aliphatic rings. The van der Waals surface area contributed by atoms with Gasteiger partial charge in [0.05, 0.1) is 0 Å². The molecule has 0 aliphatic heterocycles. The van der Waals surface area contributed by atoms with Crippen LogP contribution in [-0.2, 0) is 0 Å². The van der Waals surface area contributed by atoms with Crippen LogP contribution in [0.1, 0.15) is 41.4 Å². The Hall–Kier alpha value is -2.14. The molecule has 2 rings (SSSR count). The molecule has 1 heterocycles. The molecular formula is C15H16ClN3O2. The van der Waals surface area contributed by atoms with E-state index in [1.54, 1.807) is 25.1 Å². The first-order valence-electron chi connectivity index (χ1n) is 6.55. The first kappa shape index (κ1) is 15.3. The van der Waals surface area contributed by atoms with E-state index in [1.165, 1.54) is 0 Å². The van der Waals surface area contributed by atoms with Crippen molar-refractivity contribution in [2.24, 2.45) is 0 Å². The van der Waals surface area contributed by atoms with E-state index in [0.29, 0.717) is 16.3 Å². The van der Waals surface area contributed by atoms with Crippen molar-refractivity contribution in [3.05, 3.63) is 56.6 Å². The van der Waals surface area contributed by atoms with Gasteiger partial charge in [0.25, 0.3) is 5.91 Å². The van der Waals surface area contributed by atoms with Crippen molar-refractivity contribution < 1.29 is 4.79 Å². The lowest BCUT2D eigenvalue weighted by atomic mass is 10.0. The molecule has 0 bridgehead atoms. The van der Waals surface area contributed by atoms with Crippen LogP contribution < -0.4 is 11.0 Å². The fourth-order valence-corrected chi connectivity index (χ4v) is 2.37. The van der Waals surface area contributed by atoms with Crippen molar-refractivity contribution >= 4 is 23.3 Å². The number of amides is 1. The van der Waals surface area contributed by atoms with Crippen molar-refractivity contribution in [2.75, 3.05) is 5.32 Å². The van der Waals surface area contributed by atoms with Gasteiger partial charge in [-0.15, -0.1) is 0 Å². The van der Waals surface area contributed by atoms with Gasteiger partial charge in [0.15, 0.2) is 0 Å². The van der Waals surface area contributed by atoms with Gasteiger partial charge in [0.1, 0.15) is 5.82 Å². The van der Waals surface area contributed by atoms with E-state index >= 15 is 0 Å². The Labute approximate surface area is 127 Å². The van der Waals surface area contributed by atoms with Gasteiger partial charge in [-0.1, -0.05) is 31.5 Å². The standard InChI is InChI=1S/C15H16ClN3O2/c1-8(2)11-5-4-10(7-12(11)16)14(20)18-13-6-9(3)17-15(21)19-13/h4-8H,1-3H3,(H2,17,18,19,20,21). The summed E-state index contributed by atoms with van der Waals surface area (Å²) in [7, 11) is 0. The van der Waals surface area contributed by atoms with Crippen LogP contribution in [-0.4, -0.2) is 15.9 Å². The quantitative estimate of drug-likeness (QED) is 0.915. The van der Waals surface area contributed by atoms with Gasteiger partial charge < -0.3 is 10.3 Å². The highest BCUT2D eigenvalue weighted by Crippen LogP contribution is 2.25. The summed E-state index contributed by atoms with van der Waals surface area (Å²) in [6, 6.07) is 6.74. The fourth-order valence-electron chi connectivity index (χ4n) is 1.97. The number of nitrogens with one attached hydrogen (secondary N) is 2.